The Morgan fingerprint density at radius 2 is 2.08 bits per heavy atom. The highest BCUT2D eigenvalue weighted by molar-refractivity contribution is 7.13. The van der Waals surface area contributed by atoms with E-state index in [1.165, 1.54) is 11.3 Å². The number of nitrogens with zero attached hydrogens (tertiary/aromatic N) is 4. The number of nitrogens with one attached hydrogen (secondary N) is 1. The van der Waals surface area contributed by atoms with Gasteiger partial charge in [-0.05, 0) is 12.1 Å². The summed E-state index contributed by atoms with van der Waals surface area (Å²) in [6.45, 7) is 0.729. The van der Waals surface area contributed by atoms with Crippen LogP contribution < -0.4 is 5.32 Å². The molecule has 0 fully saturated rings. The van der Waals surface area contributed by atoms with Crippen molar-refractivity contribution in [2.45, 2.75) is 12.5 Å². The van der Waals surface area contributed by atoms with E-state index in [9.17, 15) is 9.59 Å². The van der Waals surface area contributed by atoms with Gasteiger partial charge >= 0.3 is 0 Å². The highest BCUT2D eigenvalue weighted by Crippen LogP contribution is 2.29. The fraction of sp³-hybridized carbons (Fsp3) is 0.222. The maximum atomic E-state index is 12.9. The SMILES string of the molecule is Cn1cc2c(n1)C(C(=O)Nc1nccs1)CN(C(=O)c1ccccc1)C2. The van der Waals surface area contributed by atoms with E-state index in [4.69, 9.17) is 0 Å². The van der Waals surface area contributed by atoms with Crippen LogP contribution in [0.4, 0.5) is 5.13 Å². The van der Waals surface area contributed by atoms with Crippen molar-refractivity contribution in [1.82, 2.24) is 19.7 Å². The number of amides is 2. The lowest BCUT2D eigenvalue weighted by Crippen LogP contribution is -2.42. The van der Waals surface area contributed by atoms with Crippen molar-refractivity contribution in [3.8, 4) is 0 Å². The molecule has 4 rings (SSSR count). The monoisotopic (exact) mass is 367 g/mol. The van der Waals surface area contributed by atoms with Gasteiger partial charge in [0, 0.05) is 49.0 Å². The van der Waals surface area contributed by atoms with Crippen LogP contribution in [-0.4, -0.2) is 38.0 Å². The van der Waals surface area contributed by atoms with Crippen molar-refractivity contribution in [1.29, 1.82) is 0 Å². The summed E-state index contributed by atoms with van der Waals surface area (Å²) in [6.07, 6.45) is 3.50. The molecule has 1 aliphatic heterocycles. The van der Waals surface area contributed by atoms with E-state index in [1.54, 1.807) is 33.3 Å². The van der Waals surface area contributed by atoms with Crippen LogP contribution in [0, 0.1) is 0 Å². The van der Waals surface area contributed by atoms with Gasteiger partial charge in [-0.3, -0.25) is 14.3 Å². The van der Waals surface area contributed by atoms with Gasteiger partial charge < -0.3 is 10.2 Å². The second-order valence-corrected chi connectivity index (χ2v) is 7.04. The van der Waals surface area contributed by atoms with Crippen LogP contribution in [0.5, 0.6) is 0 Å². The van der Waals surface area contributed by atoms with Crippen LogP contribution in [0.25, 0.3) is 0 Å². The van der Waals surface area contributed by atoms with E-state index < -0.39 is 5.92 Å². The lowest BCUT2D eigenvalue weighted by Gasteiger charge is -2.31. The molecule has 26 heavy (non-hydrogen) atoms. The Kier molecular flexibility index (Phi) is 4.26. The molecule has 0 saturated carbocycles. The van der Waals surface area contributed by atoms with E-state index in [-0.39, 0.29) is 18.4 Å². The maximum absolute atomic E-state index is 12.9. The molecule has 1 aromatic carbocycles. The van der Waals surface area contributed by atoms with Gasteiger partial charge in [-0.25, -0.2) is 4.98 Å². The summed E-state index contributed by atoms with van der Waals surface area (Å²) in [4.78, 5) is 31.5. The molecule has 0 bridgehead atoms. The molecule has 1 N–H and O–H groups in total. The van der Waals surface area contributed by atoms with Gasteiger partial charge in [-0.15, -0.1) is 11.3 Å². The molecule has 0 radical (unpaired) electrons. The zero-order valence-corrected chi connectivity index (χ0v) is 14.9. The number of carbonyl (C=O) groups excluding carboxylic acids is 2. The first-order chi connectivity index (χ1) is 12.6. The number of benzene rings is 1. The van der Waals surface area contributed by atoms with Crippen LogP contribution >= 0.6 is 11.3 Å². The number of hydrogen-bond acceptors (Lipinski definition) is 5. The van der Waals surface area contributed by atoms with Crippen molar-refractivity contribution < 1.29 is 9.59 Å². The highest BCUT2D eigenvalue weighted by Gasteiger charge is 2.35. The highest BCUT2D eigenvalue weighted by atomic mass is 32.1. The van der Waals surface area contributed by atoms with Crippen LogP contribution in [0.3, 0.4) is 0 Å². The summed E-state index contributed by atoms with van der Waals surface area (Å²) < 4.78 is 1.69. The molecule has 132 valence electrons. The average Bonchev–Trinajstić information content (AvgIpc) is 3.29. The van der Waals surface area contributed by atoms with E-state index in [1.807, 2.05) is 31.4 Å². The van der Waals surface area contributed by atoms with E-state index >= 15 is 0 Å². The fourth-order valence-corrected chi connectivity index (χ4v) is 3.68. The largest absolute Gasteiger partial charge is 0.333 e. The fourth-order valence-electron chi connectivity index (χ4n) is 3.15. The first kappa shape index (κ1) is 16.5. The lowest BCUT2D eigenvalue weighted by atomic mass is 9.95. The van der Waals surface area contributed by atoms with Crippen LogP contribution in [-0.2, 0) is 18.4 Å². The minimum atomic E-state index is -0.531. The Bertz CT molecular complexity index is 936. The molecule has 1 unspecified atom stereocenters. The van der Waals surface area contributed by atoms with Crippen molar-refractivity contribution in [2.24, 2.45) is 7.05 Å². The van der Waals surface area contributed by atoms with Crippen molar-refractivity contribution in [3.63, 3.8) is 0 Å². The minimum Gasteiger partial charge on any atom is -0.333 e. The maximum Gasteiger partial charge on any atom is 0.254 e. The van der Waals surface area contributed by atoms with E-state index in [2.05, 4.69) is 15.4 Å². The zero-order valence-electron chi connectivity index (χ0n) is 14.1. The third-order valence-electron chi connectivity index (χ3n) is 4.32. The van der Waals surface area contributed by atoms with E-state index in [0.717, 1.165) is 11.3 Å². The predicted octanol–water partition coefficient (Wildman–Crippen LogP) is 2.25. The number of rotatable bonds is 3. The topological polar surface area (TPSA) is 80.1 Å². The molecule has 2 aromatic heterocycles. The molecule has 1 aliphatic rings. The predicted molar refractivity (Wildman–Crippen MR) is 97.9 cm³/mol. The van der Waals surface area contributed by atoms with Gasteiger partial charge in [0.1, 0.15) is 5.92 Å². The molecule has 0 spiro atoms. The van der Waals surface area contributed by atoms with Crippen molar-refractivity contribution >= 4 is 28.3 Å². The third-order valence-corrected chi connectivity index (χ3v) is 5.01. The second kappa shape index (κ2) is 6.72. The Morgan fingerprint density at radius 1 is 1.27 bits per heavy atom. The van der Waals surface area contributed by atoms with Crippen LogP contribution in [0.2, 0.25) is 0 Å². The first-order valence-electron chi connectivity index (χ1n) is 8.19. The van der Waals surface area contributed by atoms with Gasteiger partial charge in [0.2, 0.25) is 5.91 Å². The zero-order chi connectivity index (χ0) is 18.1. The summed E-state index contributed by atoms with van der Waals surface area (Å²) in [5, 5.41) is 9.61. The second-order valence-electron chi connectivity index (χ2n) is 6.14. The number of hydrogen-bond donors (Lipinski definition) is 1. The number of carbonyl (C=O) groups is 2. The van der Waals surface area contributed by atoms with E-state index in [0.29, 0.717) is 17.2 Å². The summed E-state index contributed by atoms with van der Waals surface area (Å²) in [5.41, 5.74) is 2.22. The third kappa shape index (κ3) is 3.11. The quantitative estimate of drug-likeness (QED) is 0.770. The number of fused-ring (bicyclic) bond motifs is 1. The van der Waals surface area contributed by atoms with Gasteiger partial charge in [-0.2, -0.15) is 5.10 Å². The van der Waals surface area contributed by atoms with Crippen LogP contribution in [0.1, 0.15) is 27.5 Å². The number of anilines is 1. The lowest BCUT2D eigenvalue weighted by molar-refractivity contribution is -0.118. The summed E-state index contributed by atoms with van der Waals surface area (Å²) in [6, 6.07) is 9.10. The molecule has 3 aromatic rings. The number of aryl methyl sites for hydroxylation is 1. The Hall–Kier alpha value is -3.00. The molecule has 3 heterocycles. The molecule has 8 heteroatoms. The smallest absolute Gasteiger partial charge is 0.254 e. The van der Waals surface area contributed by atoms with Gasteiger partial charge in [0.05, 0.1) is 5.69 Å². The van der Waals surface area contributed by atoms with Crippen LogP contribution in [0.15, 0.2) is 48.1 Å². The minimum absolute atomic E-state index is 0.0906. The van der Waals surface area contributed by atoms with Gasteiger partial charge in [0.25, 0.3) is 5.91 Å². The van der Waals surface area contributed by atoms with Gasteiger partial charge in [0.15, 0.2) is 5.13 Å². The standard InChI is InChI=1S/C18H17N5O2S/c1-22-9-13-10-23(17(25)12-5-3-2-4-6-12)11-14(15(13)21-22)16(24)20-18-19-7-8-26-18/h2-9,14H,10-11H2,1H3,(H,19,20,24). The number of aromatic nitrogens is 3. The molecule has 7 nitrogen and oxygen atoms in total. The first-order valence-corrected chi connectivity index (χ1v) is 9.07. The normalized spacial score (nSPS) is 16.2. The van der Waals surface area contributed by atoms with Crippen molar-refractivity contribution in [2.75, 3.05) is 11.9 Å². The molecule has 1 atom stereocenters. The summed E-state index contributed by atoms with van der Waals surface area (Å²) in [7, 11) is 1.82. The summed E-state index contributed by atoms with van der Waals surface area (Å²) >= 11 is 1.36. The molecular weight excluding hydrogens is 350 g/mol. The molecule has 0 saturated heterocycles. The Labute approximate surface area is 154 Å². The van der Waals surface area contributed by atoms with Gasteiger partial charge in [-0.1, -0.05) is 18.2 Å². The molecule has 2 amide bonds. The Morgan fingerprint density at radius 3 is 2.81 bits per heavy atom. The summed E-state index contributed by atoms with van der Waals surface area (Å²) in [5.74, 6) is -0.825. The van der Waals surface area contributed by atoms with Crippen molar-refractivity contribution in [3.05, 3.63) is 64.9 Å². The molecular formula is C18H17N5O2S. The number of thiazole rings is 1. The molecule has 0 aliphatic carbocycles. The Balaban J connectivity index is 1.62. The average molecular weight is 367 g/mol.